The Bertz CT molecular complexity index is 355. The Labute approximate surface area is 88.1 Å². The van der Waals surface area contributed by atoms with Gasteiger partial charge in [-0.2, -0.15) is 0 Å². The fraction of sp³-hybridized carbons (Fsp3) is 0.667. The first kappa shape index (κ1) is 9.95. The molecule has 2 heterocycles. The largest absolute Gasteiger partial charge is 0.367 e. The van der Waals surface area contributed by atoms with Crippen LogP contribution in [-0.4, -0.2) is 38.7 Å². The van der Waals surface area contributed by atoms with Gasteiger partial charge in [0.2, 0.25) is 11.9 Å². The monoisotopic (exact) mass is 209 g/mol. The van der Waals surface area contributed by atoms with Crippen LogP contribution < -0.4 is 5.73 Å². The highest BCUT2D eigenvalue weighted by atomic mass is 16.2. The molecule has 1 unspecified atom stereocenters. The van der Waals surface area contributed by atoms with Gasteiger partial charge in [-0.05, 0) is 19.8 Å². The Morgan fingerprint density at radius 1 is 1.53 bits per heavy atom. The number of hydrogen-bond acceptors (Lipinski definition) is 4. The van der Waals surface area contributed by atoms with E-state index in [0.29, 0.717) is 0 Å². The second-order valence-electron chi connectivity index (χ2n) is 3.79. The minimum absolute atomic E-state index is 0.0948. The van der Waals surface area contributed by atoms with Crippen LogP contribution in [0.3, 0.4) is 0 Å². The first-order valence-electron chi connectivity index (χ1n) is 5.14. The minimum Gasteiger partial charge on any atom is -0.367 e. The number of nitrogens with two attached hydrogens (primary N) is 1. The first-order chi connectivity index (χ1) is 7.18. The van der Waals surface area contributed by atoms with Crippen molar-refractivity contribution in [3.05, 3.63) is 6.33 Å². The number of amides is 1. The van der Waals surface area contributed by atoms with E-state index < -0.39 is 0 Å². The molecule has 2 rings (SSSR count). The average molecular weight is 209 g/mol. The van der Waals surface area contributed by atoms with Gasteiger partial charge >= 0.3 is 0 Å². The van der Waals surface area contributed by atoms with Crippen molar-refractivity contribution in [1.29, 1.82) is 0 Å². The fourth-order valence-corrected chi connectivity index (χ4v) is 1.79. The number of hydrogen-bond donors (Lipinski definition) is 1. The van der Waals surface area contributed by atoms with Crippen LogP contribution in [0.2, 0.25) is 0 Å². The number of rotatable bonds is 2. The number of carbonyl (C=O) groups is 1. The van der Waals surface area contributed by atoms with Crippen LogP contribution in [0.5, 0.6) is 0 Å². The maximum absolute atomic E-state index is 12.0. The smallest absolute Gasteiger partial charge is 0.247 e. The van der Waals surface area contributed by atoms with Crippen molar-refractivity contribution < 1.29 is 4.79 Å². The van der Waals surface area contributed by atoms with Gasteiger partial charge in [-0.15, -0.1) is 5.10 Å². The molecule has 1 atom stereocenters. The number of carbonyl (C=O) groups excluding carboxylic acids is 1. The average Bonchev–Trinajstić information content (AvgIpc) is 2.85. The molecule has 0 saturated carbocycles. The van der Waals surface area contributed by atoms with E-state index in [1.807, 2.05) is 11.8 Å². The van der Waals surface area contributed by atoms with Crippen LogP contribution in [0.4, 0.5) is 5.95 Å². The second kappa shape index (κ2) is 3.88. The van der Waals surface area contributed by atoms with E-state index in [9.17, 15) is 4.79 Å². The predicted molar refractivity (Wildman–Crippen MR) is 55.0 cm³/mol. The van der Waals surface area contributed by atoms with Crippen LogP contribution >= 0.6 is 0 Å². The molecule has 82 valence electrons. The highest BCUT2D eigenvalue weighted by molar-refractivity contribution is 5.80. The Hall–Kier alpha value is -1.59. The van der Waals surface area contributed by atoms with Gasteiger partial charge in [-0.25, -0.2) is 9.67 Å². The molecule has 0 aliphatic carbocycles. The van der Waals surface area contributed by atoms with Crippen molar-refractivity contribution in [3.8, 4) is 0 Å². The van der Waals surface area contributed by atoms with Gasteiger partial charge in [-0.3, -0.25) is 4.79 Å². The molecule has 1 aromatic heterocycles. The van der Waals surface area contributed by atoms with Crippen LogP contribution in [0.15, 0.2) is 6.33 Å². The van der Waals surface area contributed by atoms with Crippen molar-refractivity contribution in [2.75, 3.05) is 18.8 Å². The van der Waals surface area contributed by atoms with E-state index >= 15 is 0 Å². The Kier molecular flexibility index (Phi) is 2.57. The summed E-state index contributed by atoms with van der Waals surface area (Å²) in [7, 11) is 0. The number of likely N-dealkylation sites (tertiary alicyclic amines) is 1. The lowest BCUT2D eigenvalue weighted by Gasteiger charge is -2.19. The summed E-state index contributed by atoms with van der Waals surface area (Å²) in [5.41, 5.74) is 5.40. The summed E-state index contributed by atoms with van der Waals surface area (Å²) >= 11 is 0. The first-order valence-corrected chi connectivity index (χ1v) is 5.14. The Balaban J connectivity index is 2.06. The molecule has 1 fully saturated rings. The normalized spacial score (nSPS) is 18.1. The molecule has 0 spiro atoms. The Morgan fingerprint density at radius 3 is 2.73 bits per heavy atom. The summed E-state index contributed by atoms with van der Waals surface area (Å²) < 4.78 is 1.51. The summed E-state index contributed by atoms with van der Waals surface area (Å²) in [4.78, 5) is 17.6. The molecule has 6 heteroatoms. The summed E-state index contributed by atoms with van der Waals surface area (Å²) in [6, 6.07) is -0.312. The topological polar surface area (TPSA) is 77.0 Å². The van der Waals surface area contributed by atoms with Crippen molar-refractivity contribution in [1.82, 2.24) is 19.7 Å². The number of nitrogens with zero attached hydrogens (tertiary/aromatic N) is 4. The van der Waals surface area contributed by atoms with Crippen LogP contribution in [-0.2, 0) is 4.79 Å². The molecule has 1 aliphatic rings. The summed E-state index contributed by atoms with van der Waals surface area (Å²) in [6.45, 7) is 3.52. The van der Waals surface area contributed by atoms with E-state index in [-0.39, 0.29) is 17.9 Å². The second-order valence-corrected chi connectivity index (χ2v) is 3.79. The molecule has 15 heavy (non-hydrogen) atoms. The molecular weight excluding hydrogens is 194 g/mol. The molecule has 0 bridgehead atoms. The fourth-order valence-electron chi connectivity index (χ4n) is 1.79. The highest BCUT2D eigenvalue weighted by Gasteiger charge is 2.24. The Morgan fingerprint density at radius 2 is 2.20 bits per heavy atom. The standard InChI is InChI=1S/C9H15N5O/c1-7(14-6-11-9(10)12-14)8(15)13-4-2-3-5-13/h6-7H,2-5H2,1H3,(H2,10,12). The molecule has 1 aromatic rings. The van der Waals surface area contributed by atoms with Gasteiger partial charge in [0.05, 0.1) is 0 Å². The van der Waals surface area contributed by atoms with Gasteiger partial charge in [0, 0.05) is 13.1 Å². The summed E-state index contributed by atoms with van der Waals surface area (Å²) in [5.74, 6) is 0.300. The molecule has 1 saturated heterocycles. The van der Waals surface area contributed by atoms with E-state index in [2.05, 4.69) is 10.1 Å². The van der Waals surface area contributed by atoms with Crippen molar-refractivity contribution >= 4 is 11.9 Å². The predicted octanol–water partition coefficient (Wildman–Crippen LogP) is 0.0437. The minimum atomic E-state index is -0.312. The lowest BCUT2D eigenvalue weighted by molar-refractivity contribution is -0.133. The third-order valence-electron chi connectivity index (χ3n) is 2.70. The van der Waals surface area contributed by atoms with E-state index in [1.54, 1.807) is 0 Å². The summed E-state index contributed by atoms with van der Waals surface area (Å²) in [6.07, 6.45) is 3.68. The SMILES string of the molecule is CC(C(=O)N1CCCC1)n1cnc(N)n1. The molecular formula is C9H15N5O. The molecule has 2 N–H and O–H groups in total. The van der Waals surface area contributed by atoms with Gasteiger partial charge in [0.25, 0.3) is 0 Å². The van der Waals surface area contributed by atoms with Crippen LogP contribution in [0.1, 0.15) is 25.8 Å². The zero-order valence-corrected chi connectivity index (χ0v) is 8.76. The van der Waals surface area contributed by atoms with Gasteiger partial charge in [0.15, 0.2) is 0 Å². The van der Waals surface area contributed by atoms with E-state index in [1.165, 1.54) is 11.0 Å². The maximum atomic E-state index is 12.0. The van der Waals surface area contributed by atoms with E-state index in [4.69, 9.17) is 5.73 Å². The number of nitrogen functional groups attached to an aromatic ring is 1. The van der Waals surface area contributed by atoms with Crippen molar-refractivity contribution in [3.63, 3.8) is 0 Å². The lowest BCUT2D eigenvalue weighted by atomic mass is 10.3. The summed E-state index contributed by atoms with van der Waals surface area (Å²) in [5, 5.41) is 3.94. The van der Waals surface area contributed by atoms with Crippen molar-refractivity contribution in [2.45, 2.75) is 25.8 Å². The maximum Gasteiger partial charge on any atom is 0.247 e. The number of anilines is 1. The van der Waals surface area contributed by atoms with Gasteiger partial charge in [-0.1, -0.05) is 0 Å². The molecule has 0 radical (unpaired) electrons. The van der Waals surface area contributed by atoms with Crippen molar-refractivity contribution in [2.24, 2.45) is 0 Å². The molecule has 6 nitrogen and oxygen atoms in total. The lowest BCUT2D eigenvalue weighted by Crippen LogP contribution is -2.34. The zero-order chi connectivity index (χ0) is 10.8. The van der Waals surface area contributed by atoms with Gasteiger partial charge in [0.1, 0.15) is 12.4 Å². The molecule has 1 aliphatic heterocycles. The number of aromatic nitrogens is 3. The third-order valence-corrected chi connectivity index (χ3v) is 2.70. The van der Waals surface area contributed by atoms with Gasteiger partial charge < -0.3 is 10.6 Å². The van der Waals surface area contributed by atoms with Crippen LogP contribution in [0.25, 0.3) is 0 Å². The molecule has 0 aromatic carbocycles. The van der Waals surface area contributed by atoms with E-state index in [0.717, 1.165) is 25.9 Å². The third kappa shape index (κ3) is 1.93. The zero-order valence-electron chi connectivity index (χ0n) is 8.76. The quantitative estimate of drug-likeness (QED) is 0.746. The molecule has 1 amide bonds. The van der Waals surface area contributed by atoms with Crippen LogP contribution in [0, 0.1) is 0 Å². The highest BCUT2D eigenvalue weighted by Crippen LogP contribution is 2.14.